The van der Waals surface area contributed by atoms with Crippen LogP contribution in [0.1, 0.15) is 17.2 Å². The van der Waals surface area contributed by atoms with Gasteiger partial charge in [-0.15, -0.1) is 0 Å². The Morgan fingerprint density at radius 1 is 0.850 bits per heavy atom. The molecule has 0 unspecified atom stereocenters. The van der Waals surface area contributed by atoms with Gasteiger partial charge in [0.15, 0.2) is 29.1 Å². The molecule has 2 aromatic carbocycles. The third-order valence-corrected chi connectivity index (χ3v) is 6.32. The van der Waals surface area contributed by atoms with E-state index in [4.69, 9.17) is 33.5 Å². The van der Waals surface area contributed by atoms with Crippen LogP contribution in [0.15, 0.2) is 36.4 Å². The van der Waals surface area contributed by atoms with Crippen molar-refractivity contribution in [3.63, 3.8) is 0 Å². The predicted molar refractivity (Wildman–Crippen MR) is 140 cm³/mol. The SMILES string of the molecule is COc1cc([C@H](O)[C@@H](CO)Oc2c(OC)cc(/C=C/CO)cc2OC)ccc1O[C@@H]1O[C@H](CO)[C@@H](O)[C@H](O)[C@H]1O. The maximum Gasteiger partial charge on any atom is 0.229 e. The third kappa shape index (κ3) is 6.95. The van der Waals surface area contributed by atoms with Gasteiger partial charge in [-0.2, -0.15) is 0 Å². The maximum atomic E-state index is 11.1. The topological polar surface area (TPSA) is 197 Å². The number of ether oxygens (including phenoxy) is 6. The Morgan fingerprint density at radius 2 is 1.50 bits per heavy atom. The molecule has 0 aromatic heterocycles. The summed E-state index contributed by atoms with van der Waals surface area (Å²) in [7, 11) is 4.18. The van der Waals surface area contributed by atoms with E-state index in [2.05, 4.69) is 0 Å². The molecule has 0 radical (unpaired) electrons. The van der Waals surface area contributed by atoms with Crippen molar-refractivity contribution in [1.29, 1.82) is 0 Å². The molecule has 1 fully saturated rings. The number of methoxy groups -OCH3 is 3. The van der Waals surface area contributed by atoms with Crippen molar-refractivity contribution in [2.45, 2.75) is 42.9 Å². The second-order valence-corrected chi connectivity index (χ2v) is 8.85. The Balaban J connectivity index is 1.84. The molecule has 1 heterocycles. The zero-order valence-corrected chi connectivity index (χ0v) is 22.3. The molecule has 3 rings (SSSR count). The molecule has 7 N–H and O–H groups in total. The molecule has 1 aliphatic rings. The Morgan fingerprint density at radius 3 is 2.05 bits per heavy atom. The molecular formula is C27H36O13. The van der Waals surface area contributed by atoms with Crippen LogP contribution in [-0.4, -0.2) is 114 Å². The van der Waals surface area contributed by atoms with Crippen molar-refractivity contribution >= 4 is 6.08 Å². The second kappa shape index (κ2) is 14.5. The molecule has 222 valence electrons. The highest BCUT2D eigenvalue weighted by Gasteiger charge is 2.45. The van der Waals surface area contributed by atoms with E-state index in [0.29, 0.717) is 5.56 Å². The van der Waals surface area contributed by atoms with E-state index in [1.165, 1.54) is 45.6 Å². The molecular weight excluding hydrogens is 532 g/mol. The number of hydrogen-bond donors (Lipinski definition) is 7. The van der Waals surface area contributed by atoms with E-state index in [1.807, 2.05) is 0 Å². The van der Waals surface area contributed by atoms with Gasteiger partial charge in [-0.3, -0.25) is 0 Å². The smallest absolute Gasteiger partial charge is 0.229 e. The van der Waals surface area contributed by atoms with Gasteiger partial charge in [0.05, 0.1) is 41.2 Å². The minimum Gasteiger partial charge on any atom is -0.493 e. The van der Waals surface area contributed by atoms with Crippen molar-refractivity contribution in [2.75, 3.05) is 41.2 Å². The first kappa shape index (κ1) is 31.4. The molecule has 0 bridgehead atoms. The van der Waals surface area contributed by atoms with Crippen LogP contribution >= 0.6 is 0 Å². The van der Waals surface area contributed by atoms with Crippen LogP contribution in [0, 0.1) is 0 Å². The first-order valence-corrected chi connectivity index (χ1v) is 12.4. The van der Waals surface area contributed by atoms with Crippen molar-refractivity contribution in [2.24, 2.45) is 0 Å². The maximum absolute atomic E-state index is 11.1. The van der Waals surface area contributed by atoms with Crippen molar-refractivity contribution in [3.05, 3.63) is 47.5 Å². The van der Waals surface area contributed by atoms with E-state index in [9.17, 15) is 30.6 Å². The van der Waals surface area contributed by atoms with Crippen LogP contribution in [0.3, 0.4) is 0 Å². The number of aliphatic hydroxyl groups is 7. The van der Waals surface area contributed by atoms with E-state index >= 15 is 0 Å². The predicted octanol–water partition coefficient (Wildman–Crippen LogP) is -0.630. The molecule has 0 spiro atoms. The highest BCUT2D eigenvalue weighted by Crippen LogP contribution is 2.41. The molecule has 7 atom stereocenters. The highest BCUT2D eigenvalue weighted by molar-refractivity contribution is 5.62. The lowest BCUT2D eigenvalue weighted by atomic mass is 9.99. The molecule has 1 saturated heterocycles. The third-order valence-electron chi connectivity index (χ3n) is 6.32. The van der Waals surface area contributed by atoms with Gasteiger partial charge < -0.3 is 64.2 Å². The van der Waals surface area contributed by atoms with Gasteiger partial charge in [0.1, 0.15) is 30.5 Å². The minimum atomic E-state index is -1.63. The molecule has 1 aliphatic heterocycles. The fourth-order valence-corrected chi connectivity index (χ4v) is 4.12. The number of hydrogen-bond acceptors (Lipinski definition) is 13. The average molecular weight is 569 g/mol. The molecule has 13 nitrogen and oxygen atoms in total. The lowest BCUT2D eigenvalue weighted by Gasteiger charge is -2.39. The van der Waals surface area contributed by atoms with Gasteiger partial charge in [-0.05, 0) is 35.4 Å². The molecule has 0 amide bonds. The monoisotopic (exact) mass is 568 g/mol. The lowest BCUT2D eigenvalue weighted by molar-refractivity contribution is -0.277. The lowest BCUT2D eigenvalue weighted by Crippen LogP contribution is -2.60. The van der Waals surface area contributed by atoms with Gasteiger partial charge in [0.25, 0.3) is 0 Å². The Kier molecular flexibility index (Phi) is 11.4. The summed E-state index contributed by atoms with van der Waals surface area (Å²) in [6, 6.07) is 7.58. The summed E-state index contributed by atoms with van der Waals surface area (Å²) in [5, 5.41) is 69.9. The summed E-state index contributed by atoms with van der Waals surface area (Å²) in [5.74, 6) is 0.852. The summed E-state index contributed by atoms with van der Waals surface area (Å²) in [4.78, 5) is 0. The summed E-state index contributed by atoms with van der Waals surface area (Å²) >= 11 is 0. The minimum absolute atomic E-state index is 0.0686. The molecule has 2 aromatic rings. The summed E-state index contributed by atoms with van der Waals surface area (Å²) in [6.07, 6.45) is -6.75. The highest BCUT2D eigenvalue weighted by atomic mass is 16.7. The van der Waals surface area contributed by atoms with Crippen LogP contribution < -0.4 is 23.7 Å². The molecule has 13 heteroatoms. The zero-order valence-electron chi connectivity index (χ0n) is 22.3. The van der Waals surface area contributed by atoms with E-state index < -0.39 is 56.1 Å². The summed E-state index contributed by atoms with van der Waals surface area (Å²) < 4.78 is 33.2. The summed E-state index contributed by atoms with van der Waals surface area (Å²) in [6.45, 7) is -1.37. The van der Waals surface area contributed by atoms with E-state index in [0.717, 1.165) is 0 Å². The van der Waals surface area contributed by atoms with Crippen molar-refractivity contribution < 1.29 is 64.2 Å². The van der Waals surface area contributed by atoms with Crippen LogP contribution in [0.4, 0.5) is 0 Å². The Bertz CT molecular complexity index is 1100. The van der Waals surface area contributed by atoms with Crippen LogP contribution in [0.2, 0.25) is 0 Å². The van der Waals surface area contributed by atoms with Gasteiger partial charge in [0, 0.05) is 0 Å². The first-order valence-electron chi connectivity index (χ1n) is 12.4. The molecule has 40 heavy (non-hydrogen) atoms. The van der Waals surface area contributed by atoms with E-state index in [1.54, 1.807) is 18.2 Å². The molecule has 0 aliphatic carbocycles. The van der Waals surface area contributed by atoms with E-state index in [-0.39, 0.29) is 40.9 Å². The van der Waals surface area contributed by atoms with Crippen molar-refractivity contribution in [1.82, 2.24) is 0 Å². The molecule has 0 saturated carbocycles. The Hall–Kier alpha value is -3.14. The quantitative estimate of drug-likeness (QED) is 0.161. The zero-order chi connectivity index (χ0) is 29.4. The largest absolute Gasteiger partial charge is 0.493 e. The fourth-order valence-electron chi connectivity index (χ4n) is 4.12. The van der Waals surface area contributed by atoms with Crippen LogP contribution in [0.25, 0.3) is 6.08 Å². The second-order valence-electron chi connectivity index (χ2n) is 8.85. The van der Waals surface area contributed by atoms with Crippen LogP contribution in [-0.2, 0) is 4.74 Å². The van der Waals surface area contributed by atoms with Crippen LogP contribution in [0.5, 0.6) is 28.7 Å². The average Bonchev–Trinajstić information content (AvgIpc) is 2.98. The van der Waals surface area contributed by atoms with Gasteiger partial charge >= 0.3 is 0 Å². The van der Waals surface area contributed by atoms with Gasteiger partial charge in [0.2, 0.25) is 12.0 Å². The summed E-state index contributed by atoms with van der Waals surface area (Å²) in [5.41, 5.74) is 0.938. The van der Waals surface area contributed by atoms with Gasteiger partial charge in [-0.25, -0.2) is 0 Å². The number of rotatable bonds is 13. The number of benzene rings is 2. The first-order chi connectivity index (χ1) is 19.2. The Labute approximate surface area is 231 Å². The standard InChI is InChI=1S/C27H36O13/c1-35-17-11-15(6-7-16(17)39-27-25(34)24(33)23(32)21(13-30)40-27)22(31)20(12-29)38-26-18(36-2)9-14(5-4-8-28)10-19(26)37-3/h4-7,9-11,20-25,27-34H,8,12-13H2,1-3H3/b5-4+/t20-,21-,22+,23-,24+,25-,27-/m1/s1. The van der Waals surface area contributed by atoms with Gasteiger partial charge in [-0.1, -0.05) is 18.2 Å². The fraction of sp³-hybridized carbons (Fsp3) is 0.481. The number of aliphatic hydroxyl groups excluding tert-OH is 7. The van der Waals surface area contributed by atoms with Crippen molar-refractivity contribution in [3.8, 4) is 28.7 Å². The normalized spacial score (nSPS) is 24.4.